The summed E-state index contributed by atoms with van der Waals surface area (Å²) in [5.41, 5.74) is -1.05. The third kappa shape index (κ3) is 11.3. The van der Waals surface area contributed by atoms with E-state index < -0.39 is 81.0 Å². The van der Waals surface area contributed by atoms with E-state index in [0.29, 0.717) is 68.6 Å². The highest BCUT2D eigenvalue weighted by Crippen LogP contribution is 2.45. The number of para-hydroxylation sites is 1. The summed E-state index contributed by atoms with van der Waals surface area (Å²) >= 11 is 0. The van der Waals surface area contributed by atoms with Crippen molar-refractivity contribution in [2.24, 2.45) is 11.8 Å². The molecule has 17 nitrogen and oxygen atoms in total. The van der Waals surface area contributed by atoms with Gasteiger partial charge in [0.15, 0.2) is 0 Å². The lowest BCUT2D eigenvalue weighted by Crippen LogP contribution is -2.58. The summed E-state index contributed by atoms with van der Waals surface area (Å²) in [6.45, 7) is 10.3. The average Bonchev–Trinajstić information content (AvgIpc) is 3.55. The van der Waals surface area contributed by atoms with Gasteiger partial charge < -0.3 is 35.2 Å². The molecule has 2 aromatic carbocycles. The number of likely N-dealkylation sites (tertiary alicyclic amines) is 1. The summed E-state index contributed by atoms with van der Waals surface area (Å²) in [5.74, 6) is -3.87. The average molecular weight is 936 g/mol. The summed E-state index contributed by atoms with van der Waals surface area (Å²) in [6, 6.07) is 8.46. The van der Waals surface area contributed by atoms with Crippen LogP contribution in [-0.4, -0.2) is 114 Å². The number of benzene rings is 2. The second kappa shape index (κ2) is 20.0. The minimum Gasteiger partial charge on any atom is -0.444 e. The number of rotatable bonds is 5. The molecule has 4 N–H and O–H groups in total. The van der Waals surface area contributed by atoms with Crippen LogP contribution >= 0.6 is 0 Å². The van der Waals surface area contributed by atoms with Gasteiger partial charge >= 0.3 is 12.2 Å². The summed E-state index contributed by atoms with van der Waals surface area (Å²) < 4.78 is 55.8. The summed E-state index contributed by atoms with van der Waals surface area (Å²) in [5, 5.41) is 8.90. The van der Waals surface area contributed by atoms with Crippen molar-refractivity contribution < 1.29 is 51.0 Å². The first-order valence-corrected chi connectivity index (χ1v) is 24.5. The van der Waals surface area contributed by atoms with E-state index in [2.05, 4.69) is 27.3 Å². The predicted molar refractivity (Wildman–Crippen MR) is 240 cm³/mol. The third-order valence-corrected chi connectivity index (χ3v) is 14.5. The Hall–Kier alpha value is -5.72. The van der Waals surface area contributed by atoms with Crippen LogP contribution in [0.4, 0.5) is 19.7 Å². The minimum atomic E-state index is -4.44. The highest BCUT2D eigenvalue weighted by molar-refractivity contribution is 7.90. The second-order valence-electron chi connectivity index (χ2n) is 19.1. The van der Waals surface area contributed by atoms with Gasteiger partial charge in [-0.25, -0.2) is 27.1 Å². The van der Waals surface area contributed by atoms with Gasteiger partial charge in [-0.15, -0.1) is 6.58 Å². The Kier molecular flexibility index (Phi) is 14.6. The summed E-state index contributed by atoms with van der Waals surface area (Å²) in [7, 11) is -4.44. The molecular weight excluding hydrogens is 874 g/mol. The predicted octanol–water partition coefficient (Wildman–Crippen LogP) is 5.10. The molecule has 66 heavy (non-hydrogen) atoms. The van der Waals surface area contributed by atoms with E-state index in [-0.39, 0.29) is 62.0 Å². The third-order valence-electron chi connectivity index (χ3n) is 13.1. The monoisotopic (exact) mass is 935 g/mol. The van der Waals surface area contributed by atoms with Gasteiger partial charge in [-0.2, -0.15) is 0 Å². The molecule has 2 aromatic rings. The maximum atomic E-state index is 14.8. The lowest BCUT2D eigenvalue weighted by molar-refractivity contribution is -0.142. The Bertz CT molecular complexity index is 2320. The topological polar surface area (TPSA) is 213 Å². The molecule has 5 aliphatic rings. The number of carbonyl (C=O) groups is 6. The van der Waals surface area contributed by atoms with Gasteiger partial charge in [0.2, 0.25) is 17.7 Å². The second-order valence-corrected chi connectivity index (χ2v) is 20.8. The molecule has 5 atom stereocenters. The van der Waals surface area contributed by atoms with Gasteiger partial charge in [0, 0.05) is 50.5 Å². The van der Waals surface area contributed by atoms with E-state index in [1.165, 1.54) is 28.0 Å². The van der Waals surface area contributed by atoms with Crippen molar-refractivity contribution >= 4 is 51.5 Å². The van der Waals surface area contributed by atoms with Crippen molar-refractivity contribution in [1.82, 2.24) is 30.1 Å². The molecule has 4 heterocycles. The minimum absolute atomic E-state index is 0.0295. The van der Waals surface area contributed by atoms with E-state index in [0.717, 1.165) is 12.8 Å². The lowest BCUT2D eigenvalue weighted by atomic mass is 9.93. The fourth-order valence-electron chi connectivity index (χ4n) is 9.40. The Labute approximate surface area is 385 Å². The van der Waals surface area contributed by atoms with E-state index >= 15 is 0 Å². The first-order chi connectivity index (χ1) is 31.4. The smallest absolute Gasteiger partial charge is 0.410 e. The molecule has 7 rings (SSSR count). The first kappa shape index (κ1) is 48.2. The molecule has 2 saturated heterocycles. The number of amides is 6. The van der Waals surface area contributed by atoms with Crippen molar-refractivity contribution in [2.75, 3.05) is 31.5 Å². The van der Waals surface area contributed by atoms with Crippen LogP contribution in [-0.2, 0) is 51.8 Å². The van der Waals surface area contributed by atoms with Crippen LogP contribution in [0.25, 0.3) is 0 Å². The van der Waals surface area contributed by atoms with Crippen molar-refractivity contribution in [2.45, 2.75) is 139 Å². The van der Waals surface area contributed by atoms with Crippen LogP contribution in [0.1, 0.15) is 103 Å². The largest absolute Gasteiger partial charge is 0.444 e. The Morgan fingerprint density at radius 1 is 0.939 bits per heavy atom. The maximum absolute atomic E-state index is 14.8. The van der Waals surface area contributed by atoms with E-state index in [4.69, 9.17) is 9.47 Å². The van der Waals surface area contributed by atoms with Gasteiger partial charge in [0.25, 0.3) is 15.9 Å². The number of piperidine rings is 1. The zero-order valence-corrected chi connectivity index (χ0v) is 38.8. The number of fused-ring (bicyclic) bond motifs is 3. The standard InChI is InChI=1S/C47H62FN7O10S/c1-5-32-26-47(32)43(59)52-66(62,63)39-18-11-10-16-36(39)49-21-12-8-6-7-9-17-37(50-40(56)24-30-19-22-53(23-20-30)45(61)65-46(2,3)4)42(58)55-28-33(25-38(55)41(57)51-47)64-44(60)54-27-31-14-13-15-35(48)34(31)29-54/h5,10-11,13-16,18,30,32-33,37-38,49H,1,6-9,12,17,19-29H2,2-4H3,(H,50,56)(H,51,57)(H,52,59)/t32-,33-,37+,38+,47-/m1/s1. The molecule has 0 bridgehead atoms. The molecule has 6 amide bonds. The number of ether oxygens (including phenoxy) is 2. The quantitative estimate of drug-likeness (QED) is 0.290. The van der Waals surface area contributed by atoms with E-state index in [1.54, 1.807) is 56.0 Å². The maximum Gasteiger partial charge on any atom is 0.410 e. The number of halogens is 1. The van der Waals surface area contributed by atoms with Crippen LogP contribution in [0.15, 0.2) is 60.0 Å². The van der Waals surface area contributed by atoms with Crippen molar-refractivity contribution in [3.63, 3.8) is 0 Å². The molecule has 3 fully saturated rings. The number of nitrogens with one attached hydrogen (secondary N) is 4. The zero-order valence-electron chi connectivity index (χ0n) is 37.9. The molecule has 0 unspecified atom stereocenters. The molecule has 4 aliphatic heterocycles. The number of hydrogen-bond donors (Lipinski definition) is 4. The Morgan fingerprint density at radius 3 is 2.38 bits per heavy atom. The van der Waals surface area contributed by atoms with Crippen LogP contribution in [0.2, 0.25) is 0 Å². The van der Waals surface area contributed by atoms with Gasteiger partial charge in [-0.3, -0.25) is 24.1 Å². The Morgan fingerprint density at radius 2 is 1.67 bits per heavy atom. The van der Waals surface area contributed by atoms with E-state index in [9.17, 15) is 41.6 Å². The zero-order chi connectivity index (χ0) is 47.4. The highest BCUT2D eigenvalue weighted by atomic mass is 32.2. The fourth-order valence-corrected chi connectivity index (χ4v) is 10.6. The number of carbonyl (C=O) groups excluding carboxylic acids is 6. The lowest BCUT2D eigenvalue weighted by Gasteiger charge is -2.33. The van der Waals surface area contributed by atoms with Crippen molar-refractivity contribution in [3.05, 3.63) is 72.1 Å². The van der Waals surface area contributed by atoms with E-state index in [1.807, 2.05) is 0 Å². The number of sulfonamides is 1. The molecule has 0 radical (unpaired) electrons. The van der Waals surface area contributed by atoms with Crippen LogP contribution in [0.3, 0.4) is 0 Å². The van der Waals surface area contributed by atoms with Crippen LogP contribution in [0.5, 0.6) is 0 Å². The molecule has 1 spiro atoms. The van der Waals surface area contributed by atoms with Crippen molar-refractivity contribution in [1.29, 1.82) is 0 Å². The van der Waals surface area contributed by atoms with Crippen LogP contribution < -0.4 is 20.7 Å². The Balaban J connectivity index is 1.12. The van der Waals surface area contributed by atoms with Gasteiger partial charge in [-0.05, 0) is 82.6 Å². The molecule has 1 saturated carbocycles. The first-order valence-electron chi connectivity index (χ1n) is 23.0. The van der Waals surface area contributed by atoms with Crippen molar-refractivity contribution in [3.8, 4) is 0 Å². The molecular formula is C47H62FN7O10S. The SMILES string of the molecule is C=C[C@@H]1C[C@@]12NC(=O)[C@@H]1C[C@@H](OC(=O)N3Cc4cccc(F)c4C3)CN1C(=O)[C@@H](NC(=O)CC1CCN(C(=O)OC(C)(C)C)CC1)CCCCCCCNc1ccccc1S(=O)(=O)NC2=O. The normalized spacial score (nSPS) is 26.4. The number of hydrogen-bond acceptors (Lipinski definition) is 11. The van der Waals surface area contributed by atoms with Crippen LogP contribution in [0, 0.1) is 17.7 Å². The summed E-state index contributed by atoms with van der Waals surface area (Å²) in [4.78, 5) is 87.6. The van der Waals surface area contributed by atoms with Gasteiger partial charge in [0.1, 0.15) is 40.0 Å². The highest BCUT2D eigenvalue weighted by Gasteiger charge is 2.61. The fraction of sp³-hybridized carbons (Fsp3) is 0.574. The molecule has 1 aliphatic carbocycles. The molecule has 358 valence electrons. The molecule has 19 heteroatoms. The van der Waals surface area contributed by atoms with Gasteiger partial charge in [0.05, 0.1) is 18.8 Å². The number of anilines is 1. The number of nitrogens with zero attached hydrogens (tertiary/aromatic N) is 3. The van der Waals surface area contributed by atoms with Gasteiger partial charge in [-0.1, -0.05) is 56.0 Å². The molecule has 0 aromatic heterocycles. The summed E-state index contributed by atoms with van der Waals surface area (Å²) in [6.07, 6.45) is 4.14.